The van der Waals surface area contributed by atoms with Gasteiger partial charge in [0.1, 0.15) is 11.0 Å². The van der Waals surface area contributed by atoms with Crippen molar-refractivity contribution in [3.63, 3.8) is 0 Å². The second-order valence-corrected chi connectivity index (χ2v) is 11.6. The summed E-state index contributed by atoms with van der Waals surface area (Å²) >= 11 is 1.20. The summed E-state index contributed by atoms with van der Waals surface area (Å²) in [5, 5.41) is 9.47. The zero-order chi connectivity index (χ0) is 27.6. The molecule has 1 atom stereocenters. The molecule has 0 aliphatic rings. The fourth-order valence-electron chi connectivity index (χ4n) is 4.22. The fraction of sp³-hybridized carbons (Fsp3) is 0.179. The summed E-state index contributed by atoms with van der Waals surface area (Å²) in [6.07, 6.45) is 1.57. The van der Waals surface area contributed by atoms with Gasteiger partial charge in [-0.25, -0.2) is 12.4 Å². The monoisotopic (exact) mass is 562 g/mol. The molecule has 0 aliphatic carbocycles. The molecule has 0 saturated heterocycles. The Morgan fingerprint density at radius 2 is 1.67 bits per heavy atom. The number of thioether (sulfide) groups is 1. The molecule has 11 heteroatoms. The number of rotatable bonds is 9. The smallest absolute Gasteiger partial charge is 0.318 e. The van der Waals surface area contributed by atoms with Crippen molar-refractivity contribution in [2.45, 2.75) is 29.1 Å². The third-order valence-electron chi connectivity index (χ3n) is 6.07. The lowest BCUT2D eigenvalue weighted by molar-refractivity contribution is -0.139. The molecule has 5 rings (SSSR count). The average molecular weight is 563 g/mol. The lowest BCUT2D eigenvalue weighted by atomic mass is 10.1. The Kier molecular flexibility index (Phi) is 7.45. The Balaban J connectivity index is 1.71. The molecule has 0 aliphatic heterocycles. The molecule has 2 aromatic heterocycles. The Morgan fingerprint density at radius 3 is 2.36 bits per heavy atom. The average Bonchev–Trinajstić information content (AvgIpc) is 3.55. The first-order valence-electron chi connectivity index (χ1n) is 12.2. The number of ether oxygens (including phenoxy) is 2. The van der Waals surface area contributed by atoms with E-state index in [1.54, 1.807) is 60.2 Å². The van der Waals surface area contributed by atoms with Crippen LogP contribution in [0, 0.1) is 0 Å². The number of aromatic nitrogens is 4. The number of fused-ring (bicyclic) bond motifs is 1. The predicted molar refractivity (Wildman–Crippen MR) is 150 cm³/mol. The minimum Gasteiger partial charge on any atom is -0.494 e. The first kappa shape index (κ1) is 26.5. The molecule has 9 nitrogen and oxygen atoms in total. The molecule has 2 heterocycles. The molecular formula is C28H26N4O5S2. The van der Waals surface area contributed by atoms with Gasteiger partial charge in [0.05, 0.1) is 24.1 Å². The summed E-state index contributed by atoms with van der Waals surface area (Å²) in [6, 6.07) is 22.9. The van der Waals surface area contributed by atoms with E-state index in [1.807, 2.05) is 43.3 Å². The molecule has 3 aromatic carbocycles. The molecule has 200 valence electrons. The van der Waals surface area contributed by atoms with E-state index in [4.69, 9.17) is 9.47 Å². The van der Waals surface area contributed by atoms with E-state index in [2.05, 4.69) is 10.2 Å². The van der Waals surface area contributed by atoms with Crippen LogP contribution in [0.15, 0.2) is 95.1 Å². The van der Waals surface area contributed by atoms with E-state index in [1.165, 1.54) is 22.8 Å². The molecule has 5 aromatic rings. The lowest BCUT2D eigenvalue weighted by Gasteiger charge is -2.13. The summed E-state index contributed by atoms with van der Waals surface area (Å²) in [7, 11) is -2.56. The quantitative estimate of drug-likeness (QED) is 0.179. The first-order chi connectivity index (χ1) is 18.8. The number of esters is 1. The van der Waals surface area contributed by atoms with Gasteiger partial charge in [-0.2, -0.15) is 0 Å². The molecule has 0 spiro atoms. The van der Waals surface area contributed by atoms with Crippen molar-refractivity contribution < 1.29 is 22.7 Å². The van der Waals surface area contributed by atoms with Crippen LogP contribution in [-0.2, 0) is 19.6 Å². The van der Waals surface area contributed by atoms with E-state index in [0.29, 0.717) is 39.8 Å². The second kappa shape index (κ2) is 11.0. The van der Waals surface area contributed by atoms with Crippen LogP contribution in [0.5, 0.6) is 5.75 Å². The van der Waals surface area contributed by atoms with Crippen molar-refractivity contribution in [3.05, 3.63) is 85.1 Å². The van der Waals surface area contributed by atoms with Crippen molar-refractivity contribution >= 4 is 38.7 Å². The van der Waals surface area contributed by atoms with Gasteiger partial charge in [0.2, 0.25) is 0 Å². The Hall–Kier alpha value is -4.09. The van der Waals surface area contributed by atoms with E-state index in [9.17, 15) is 13.2 Å². The summed E-state index contributed by atoms with van der Waals surface area (Å²) in [5.41, 5.74) is 1.81. The van der Waals surface area contributed by atoms with E-state index < -0.39 is 21.2 Å². The SMILES string of the molecule is CCOc1ccc(-n2c(S[C@H](C)C(=O)OC)nnc2-c2cn(S(=O)(=O)c3ccccc3)c3ccccc23)cc1. The van der Waals surface area contributed by atoms with Crippen molar-refractivity contribution in [2.24, 2.45) is 0 Å². The number of para-hydroxylation sites is 1. The number of benzene rings is 3. The molecule has 0 saturated carbocycles. The van der Waals surface area contributed by atoms with Crippen LogP contribution < -0.4 is 4.74 Å². The van der Waals surface area contributed by atoms with Gasteiger partial charge in [-0.05, 0) is 56.3 Å². The molecule has 0 fully saturated rings. The van der Waals surface area contributed by atoms with Crippen LogP contribution in [0.25, 0.3) is 28.0 Å². The lowest BCUT2D eigenvalue weighted by Crippen LogP contribution is -2.15. The Morgan fingerprint density at radius 1 is 0.974 bits per heavy atom. The van der Waals surface area contributed by atoms with Gasteiger partial charge in [0.15, 0.2) is 11.0 Å². The van der Waals surface area contributed by atoms with Gasteiger partial charge in [0, 0.05) is 22.8 Å². The largest absolute Gasteiger partial charge is 0.494 e. The van der Waals surface area contributed by atoms with Crippen molar-refractivity contribution in [3.8, 4) is 22.8 Å². The molecule has 0 unspecified atom stereocenters. The molecule has 39 heavy (non-hydrogen) atoms. The standard InChI is InChI=1S/C28H26N4O5S2/c1-4-37-21-16-14-20(15-17-21)32-26(29-30-28(32)38-19(2)27(33)36-3)24-18-31(25-13-9-8-12-23(24)25)39(34,35)22-10-6-5-7-11-22/h5-19H,4H2,1-3H3/t19-/m1/s1. The van der Waals surface area contributed by atoms with Crippen molar-refractivity contribution in [2.75, 3.05) is 13.7 Å². The summed E-state index contributed by atoms with van der Waals surface area (Å²) in [4.78, 5) is 12.4. The van der Waals surface area contributed by atoms with E-state index in [-0.39, 0.29) is 4.90 Å². The van der Waals surface area contributed by atoms with Crippen molar-refractivity contribution in [1.82, 2.24) is 18.7 Å². The normalized spacial score (nSPS) is 12.4. The topological polar surface area (TPSA) is 105 Å². The number of methoxy groups -OCH3 is 1. The van der Waals surface area contributed by atoms with E-state index in [0.717, 1.165) is 5.69 Å². The first-order valence-corrected chi connectivity index (χ1v) is 14.5. The molecule has 0 bridgehead atoms. The van der Waals surface area contributed by atoms with Gasteiger partial charge < -0.3 is 9.47 Å². The fourth-order valence-corrected chi connectivity index (χ4v) is 6.50. The van der Waals surface area contributed by atoms with Gasteiger partial charge in [-0.15, -0.1) is 10.2 Å². The van der Waals surface area contributed by atoms with Crippen LogP contribution in [0.1, 0.15) is 13.8 Å². The third-order valence-corrected chi connectivity index (χ3v) is 8.78. The summed E-state index contributed by atoms with van der Waals surface area (Å²) in [5.74, 6) is 0.740. The molecule has 0 radical (unpaired) electrons. The highest BCUT2D eigenvalue weighted by molar-refractivity contribution is 8.00. The zero-order valence-corrected chi connectivity index (χ0v) is 23.1. The van der Waals surface area contributed by atoms with Gasteiger partial charge >= 0.3 is 5.97 Å². The maximum absolute atomic E-state index is 13.7. The Bertz CT molecular complexity index is 1730. The van der Waals surface area contributed by atoms with Crippen molar-refractivity contribution in [1.29, 1.82) is 0 Å². The number of nitrogens with zero attached hydrogens (tertiary/aromatic N) is 4. The second-order valence-electron chi connectivity index (χ2n) is 8.53. The van der Waals surface area contributed by atoms with Gasteiger partial charge in [0.25, 0.3) is 10.0 Å². The predicted octanol–water partition coefficient (Wildman–Crippen LogP) is 5.18. The van der Waals surface area contributed by atoms with Crippen LogP contribution in [0.4, 0.5) is 0 Å². The molecule has 0 N–H and O–H groups in total. The maximum Gasteiger partial charge on any atom is 0.318 e. The van der Waals surface area contributed by atoms with Crippen LogP contribution in [0.3, 0.4) is 0 Å². The van der Waals surface area contributed by atoms with Gasteiger partial charge in [-0.1, -0.05) is 48.2 Å². The highest BCUT2D eigenvalue weighted by Gasteiger charge is 2.27. The third kappa shape index (κ3) is 5.02. The Labute approximate surface area is 230 Å². The highest BCUT2D eigenvalue weighted by atomic mass is 32.2. The summed E-state index contributed by atoms with van der Waals surface area (Å²) < 4.78 is 40.9. The number of carbonyl (C=O) groups is 1. The van der Waals surface area contributed by atoms with Crippen LogP contribution in [0.2, 0.25) is 0 Å². The zero-order valence-electron chi connectivity index (χ0n) is 21.5. The van der Waals surface area contributed by atoms with E-state index >= 15 is 0 Å². The highest BCUT2D eigenvalue weighted by Crippen LogP contribution is 2.36. The minimum atomic E-state index is -3.89. The molecule has 0 amide bonds. The van der Waals surface area contributed by atoms with Crippen LogP contribution >= 0.6 is 11.8 Å². The minimum absolute atomic E-state index is 0.174. The maximum atomic E-state index is 13.7. The number of hydrogen-bond acceptors (Lipinski definition) is 8. The number of carbonyl (C=O) groups excluding carboxylic acids is 1. The van der Waals surface area contributed by atoms with Gasteiger partial charge in [-0.3, -0.25) is 9.36 Å². The summed E-state index contributed by atoms with van der Waals surface area (Å²) in [6.45, 7) is 4.17. The van der Waals surface area contributed by atoms with Crippen LogP contribution in [-0.4, -0.2) is 52.1 Å². The number of hydrogen-bond donors (Lipinski definition) is 0. The molecular weight excluding hydrogens is 536 g/mol.